The Morgan fingerprint density at radius 1 is 1.08 bits per heavy atom. The smallest absolute Gasteiger partial charge is 0.254 e. The van der Waals surface area contributed by atoms with E-state index < -0.39 is 0 Å². The highest BCUT2D eigenvalue weighted by molar-refractivity contribution is 7.08. The predicted octanol–water partition coefficient (Wildman–Crippen LogP) is 3.82. The van der Waals surface area contributed by atoms with Crippen LogP contribution in [0.1, 0.15) is 54.2 Å². The van der Waals surface area contributed by atoms with Crippen LogP contribution in [0, 0.1) is 0 Å². The molecule has 0 saturated heterocycles. The highest BCUT2D eigenvalue weighted by Gasteiger charge is 2.17. The van der Waals surface area contributed by atoms with Gasteiger partial charge >= 0.3 is 0 Å². The van der Waals surface area contributed by atoms with Crippen molar-refractivity contribution in [2.75, 3.05) is 13.6 Å². The van der Waals surface area contributed by atoms with E-state index in [2.05, 4.69) is 31.3 Å². The molecule has 2 amide bonds. The molecular weight excluding hydrogens is 320 g/mol. The zero-order valence-corrected chi connectivity index (χ0v) is 15.4. The van der Waals surface area contributed by atoms with Crippen molar-refractivity contribution in [3.63, 3.8) is 0 Å². The molecule has 0 aliphatic rings. The zero-order valence-electron chi connectivity index (χ0n) is 14.6. The number of hydrogen-bond donors (Lipinski definition) is 1. The highest BCUT2D eigenvalue weighted by atomic mass is 32.1. The number of likely N-dealkylation sites (N-methyl/N-ethyl adjacent to an activating group) is 1. The molecule has 0 aliphatic heterocycles. The van der Waals surface area contributed by atoms with Crippen LogP contribution < -0.4 is 5.32 Å². The number of carbonyl (C=O) groups excluding carboxylic acids is 2. The number of amides is 2. The van der Waals surface area contributed by atoms with Crippen molar-refractivity contribution < 1.29 is 9.59 Å². The summed E-state index contributed by atoms with van der Waals surface area (Å²) in [4.78, 5) is 25.8. The van der Waals surface area contributed by atoms with Crippen LogP contribution in [0.5, 0.6) is 0 Å². The second-order valence-electron chi connectivity index (χ2n) is 6.28. The van der Waals surface area contributed by atoms with Gasteiger partial charge in [-0.3, -0.25) is 9.59 Å². The number of benzene rings is 1. The van der Waals surface area contributed by atoms with E-state index in [0.717, 1.165) is 5.56 Å². The molecule has 5 heteroatoms. The van der Waals surface area contributed by atoms with Crippen LogP contribution in [0.15, 0.2) is 41.1 Å². The van der Waals surface area contributed by atoms with E-state index in [0.29, 0.717) is 11.5 Å². The molecule has 2 rings (SSSR count). The Labute approximate surface area is 147 Å². The molecule has 1 heterocycles. The molecule has 1 aromatic heterocycles. The van der Waals surface area contributed by atoms with Gasteiger partial charge in [-0.1, -0.05) is 38.1 Å². The molecule has 1 atom stereocenters. The minimum absolute atomic E-state index is 0.0447. The van der Waals surface area contributed by atoms with Gasteiger partial charge in [0.2, 0.25) is 5.91 Å². The normalized spacial score (nSPS) is 12.0. The minimum atomic E-state index is -0.165. The zero-order chi connectivity index (χ0) is 17.7. The summed E-state index contributed by atoms with van der Waals surface area (Å²) < 4.78 is 0. The van der Waals surface area contributed by atoms with Crippen LogP contribution in [-0.2, 0) is 4.79 Å². The lowest BCUT2D eigenvalue weighted by Gasteiger charge is -2.19. The molecule has 0 unspecified atom stereocenters. The molecular formula is C19H24N2O2S. The second-order valence-corrected chi connectivity index (χ2v) is 7.06. The van der Waals surface area contributed by atoms with Gasteiger partial charge in [-0.15, -0.1) is 0 Å². The van der Waals surface area contributed by atoms with Crippen molar-refractivity contribution >= 4 is 23.2 Å². The third-order valence-corrected chi connectivity index (χ3v) is 4.66. The molecule has 0 spiro atoms. The van der Waals surface area contributed by atoms with Gasteiger partial charge in [0, 0.05) is 12.4 Å². The molecule has 0 fully saturated rings. The van der Waals surface area contributed by atoms with Crippen LogP contribution >= 0.6 is 11.3 Å². The van der Waals surface area contributed by atoms with E-state index >= 15 is 0 Å². The molecule has 128 valence electrons. The summed E-state index contributed by atoms with van der Waals surface area (Å²) in [6, 6.07) is 9.94. The average molecular weight is 344 g/mol. The fourth-order valence-electron chi connectivity index (χ4n) is 2.43. The standard InChI is InChI=1S/C19H24N2O2S/c1-13(2)15-5-7-16(8-6-15)14(3)20-18(22)11-21(4)19(23)17-9-10-24-12-17/h5-10,12-14H,11H2,1-4H3,(H,20,22)/t14-/m0/s1. The molecule has 1 N–H and O–H groups in total. The van der Waals surface area contributed by atoms with Crippen LogP contribution in [0.3, 0.4) is 0 Å². The molecule has 1 aromatic carbocycles. The summed E-state index contributed by atoms with van der Waals surface area (Å²) in [5.74, 6) is 0.183. The lowest BCUT2D eigenvalue weighted by molar-refractivity contribution is -0.122. The van der Waals surface area contributed by atoms with Crippen molar-refractivity contribution in [1.82, 2.24) is 10.2 Å². The maximum atomic E-state index is 12.2. The van der Waals surface area contributed by atoms with E-state index in [1.807, 2.05) is 24.4 Å². The molecule has 0 aliphatic carbocycles. The number of thiophene rings is 1. The molecule has 0 bridgehead atoms. The molecule has 0 saturated carbocycles. The Balaban J connectivity index is 1.90. The van der Waals surface area contributed by atoms with Crippen molar-refractivity contribution in [3.8, 4) is 0 Å². The van der Waals surface area contributed by atoms with Gasteiger partial charge in [-0.2, -0.15) is 11.3 Å². The number of hydrogen-bond acceptors (Lipinski definition) is 3. The number of nitrogens with zero attached hydrogens (tertiary/aromatic N) is 1. The van der Waals surface area contributed by atoms with E-state index in [9.17, 15) is 9.59 Å². The first-order valence-electron chi connectivity index (χ1n) is 8.05. The van der Waals surface area contributed by atoms with Gasteiger partial charge in [0.05, 0.1) is 18.2 Å². The third-order valence-electron chi connectivity index (χ3n) is 3.98. The van der Waals surface area contributed by atoms with Crippen molar-refractivity contribution in [1.29, 1.82) is 0 Å². The topological polar surface area (TPSA) is 49.4 Å². The predicted molar refractivity (Wildman–Crippen MR) is 98.4 cm³/mol. The van der Waals surface area contributed by atoms with E-state index in [1.54, 1.807) is 18.5 Å². The Morgan fingerprint density at radius 2 is 1.71 bits per heavy atom. The van der Waals surface area contributed by atoms with E-state index in [-0.39, 0.29) is 24.4 Å². The van der Waals surface area contributed by atoms with Gasteiger partial charge < -0.3 is 10.2 Å². The van der Waals surface area contributed by atoms with Crippen LogP contribution in [-0.4, -0.2) is 30.3 Å². The first-order valence-corrected chi connectivity index (χ1v) is 8.99. The van der Waals surface area contributed by atoms with Gasteiger partial charge in [0.15, 0.2) is 0 Å². The monoisotopic (exact) mass is 344 g/mol. The Morgan fingerprint density at radius 3 is 2.25 bits per heavy atom. The van der Waals surface area contributed by atoms with Crippen LogP contribution in [0.4, 0.5) is 0 Å². The summed E-state index contributed by atoms with van der Waals surface area (Å²) in [7, 11) is 1.64. The van der Waals surface area contributed by atoms with Crippen molar-refractivity contribution in [2.24, 2.45) is 0 Å². The van der Waals surface area contributed by atoms with Crippen molar-refractivity contribution in [2.45, 2.75) is 32.7 Å². The van der Waals surface area contributed by atoms with Crippen LogP contribution in [0.25, 0.3) is 0 Å². The van der Waals surface area contributed by atoms with Crippen molar-refractivity contribution in [3.05, 3.63) is 57.8 Å². The summed E-state index contributed by atoms with van der Waals surface area (Å²) >= 11 is 1.47. The second kappa shape index (κ2) is 8.11. The first-order chi connectivity index (χ1) is 11.4. The quantitative estimate of drug-likeness (QED) is 0.866. The fourth-order valence-corrected chi connectivity index (χ4v) is 3.06. The van der Waals surface area contributed by atoms with E-state index in [1.165, 1.54) is 21.8 Å². The van der Waals surface area contributed by atoms with Gasteiger partial charge in [-0.25, -0.2) is 0 Å². The summed E-state index contributed by atoms with van der Waals surface area (Å²) in [5.41, 5.74) is 2.95. The molecule has 0 radical (unpaired) electrons. The highest BCUT2D eigenvalue weighted by Crippen LogP contribution is 2.18. The minimum Gasteiger partial charge on any atom is -0.348 e. The van der Waals surface area contributed by atoms with Gasteiger partial charge in [0.25, 0.3) is 5.91 Å². The average Bonchev–Trinajstić information content (AvgIpc) is 3.08. The molecule has 24 heavy (non-hydrogen) atoms. The SMILES string of the molecule is CC(C)c1ccc([C@H](C)NC(=O)CN(C)C(=O)c2ccsc2)cc1. The number of nitrogens with one attached hydrogen (secondary N) is 1. The summed E-state index contributed by atoms with van der Waals surface area (Å²) in [6.45, 7) is 6.30. The Hall–Kier alpha value is -2.14. The number of carbonyl (C=O) groups is 2. The molecule has 4 nitrogen and oxygen atoms in total. The summed E-state index contributed by atoms with van der Waals surface area (Å²) in [5, 5.41) is 6.58. The Kier molecular flexibility index (Phi) is 6.15. The number of rotatable bonds is 6. The molecule has 2 aromatic rings. The van der Waals surface area contributed by atoms with Gasteiger partial charge in [0.1, 0.15) is 0 Å². The first kappa shape index (κ1) is 18.2. The maximum Gasteiger partial charge on any atom is 0.254 e. The lowest BCUT2D eigenvalue weighted by atomic mass is 9.99. The Bertz CT molecular complexity index is 678. The maximum absolute atomic E-state index is 12.2. The largest absolute Gasteiger partial charge is 0.348 e. The lowest BCUT2D eigenvalue weighted by Crippen LogP contribution is -2.39. The summed E-state index contributed by atoms with van der Waals surface area (Å²) in [6.07, 6.45) is 0. The van der Waals surface area contributed by atoms with E-state index in [4.69, 9.17) is 0 Å². The van der Waals surface area contributed by atoms with Crippen LogP contribution in [0.2, 0.25) is 0 Å². The third kappa shape index (κ3) is 4.68. The fraction of sp³-hybridized carbons (Fsp3) is 0.368. The van der Waals surface area contributed by atoms with Gasteiger partial charge in [-0.05, 0) is 35.4 Å².